The first-order chi connectivity index (χ1) is 17.4. The van der Waals surface area contributed by atoms with Crippen LogP contribution in [0.2, 0.25) is 0 Å². The van der Waals surface area contributed by atoms with Crippen molar-refractivity contribution in [2.24, 2.45) is 5.41 Å². The van der Waals surface area contributed by atoms with Crippen LogP contribution in [0.25, 0.3) is 11.4 Å². The molecule has 2 N–H and O–H groups in total. The normalized spacial score (nSPS) is 22.0. The van der Waals surface area contributed by atoms with E-state index in [1.54, 1.807) is 12.3 Å². The molecule has 7 heteroatoms. The van der Waals surface area contributed by atoms with Gasteiger partial charge in [-0.15, -0.1) is 0 Å². The lowest BCUT2D eigenvalue weighted by Gasteiger charge is -2.55. The van der Waals surface area contributed by atoms with Gasteiger partial charge in [-0.2, -0.15) is 4.98 Å². The lowest BCUT2D eigenvalue weighted by Crippen LogP contribution is -2.63. The molecule has 0 saturated carbocycles. The van der Waals surface area contributed by atoms with Crippen molar-refractivity contribution in [1.82, 2.24) is 20.0 Å². The molecule has 1 aromatic carbocycles. The Kier molecular flexibility index (Phi) is 3.90. The zero-order chi connectivity index (χ0) is 28.3. The quantitative estimate of drug-likeness (QED) is 0.601. The van der Waals surface area contributed by atoms with Gasteiger partial charge in [-0.25, -0.2) is 0 Å². The maximum atomic E-state index is 12.4. The molecule has 170 valence electrons. The van der Waals surface area contributed by atoms with Crippen LogP contribution in [0.15, 0.2) is 47.2 Å². The molecule has 0 aliphatic carbocycles. The number of aromatic nitrogens is 3. The van der Waals surface area contributed by atoms with Crippen LogP contribution in [0, 0.1) is 5.41 Å². The van der Waals surface area contributed by atoms with Crippen molar-refractivity contribution in [1.29, 1.82) is 0 Å². The summed E-state index contributed by atoms with van der Waals surface area (Å²) in [5, 5.41) is 26.8. The molecule has 4 rings (SSSR count). The smallest absolute Gasteiger partial charge is 0.258 e. The Morgan fingerprint density at radius 1 is 1.12 bits per heavy atom. The molecule has 1 fully saturated rings. The van der Waals surface area contributed by atoms with Gasteiger partial charge >= 0.3 is 0 Å². The van der Waals surface area contributed by atoms with Crippen LogP contribution in [-0.2, 0) is 11.2 Å². The van der Waals surface area contributed by atoms with Crippen molar-refractivity contribution in [3.8, 4) is 11.4 Å². The standard InChI is InChI=1S/C25H32N4O3/c1-16(2)17-7-9-19(10-8-17)25(31,24(5)14-29(6)15-24)20-11-18(12-26-13-20)21-27-22(32-28-21)23(3,4)30/h7-13,16,30-31H,14-15H2,1-6H3/t25-/m0/s1/i3D3,4D3. The van der Waals surface area contributed by atoms with E-state index in [1.165, 1.54) is 6.20 Å². The molecule has 3 heterocycles. The molecule has 1 aliphatic heterocycles. The third-order valence-corrected chi connectivity index (χ3v) is 6.26. The maximum Gasteiger partial charge on any atom is 0.258 e. The number of hydrogen-bond acceptors (Lipinski definition) is 7. The summed E-state index contributed by atoms with van der Waals surface area (Å²) < 4.78 is 50.6. The summed E-state index contributed by atoms with van der Waals surface area (Å²) in [7, 11) is 1.97. The summed E-state index contributed by atoms with van der Waals surface area (Å²) >= 11 is 0. The number of benzene rings is 1. The van der Waals surface area contributed by atoms with Gasteiger partial charge in [0.25, 0.3) is 5.89 Å². The summed E-state index contributed by atoms with van der Waals surface area (Å²) in [6, 6.07) is 9.41. The Morgan fingerprint density at radius 2 is 1.81 bits per heavy atom. The minimum Gasteiger partial charge on any atom is -0.381 e. The second-order valence-electron chi connectivity index (χ2n) is 9.32. The number of hydrogen-bond donors (Lipinski definition) is 2. The predicted molar refractivity (Wildman–Crippen MR) is 122 cm³/mol. The molecule has 0 unspecified atom stereocenters. The number of aliphatic hydroxyl groups is 2. The molecule has 0 spiro atoms. The number of nitrogens with zero attached hydrogens (tertiary/aromatic N) is 4. The van der Waals surface area contributed by atoms with Crippen LogP contribution < -0.4 is 0 Å². The van der Waals surface area contributed by atoms with E-state index in [4.69, 9.17) is 12.7 Å². The summed E-state index contributed by atoms with van der Waals surface area (Å²) in [5.41, 5.74) is -2.85. The van der Waals surface area contributed by atoms with Crippen LogP contribution >= 0.6 is 0 Å². The Morgan fingerprint density at radius 3 is 2.41 bits per heavy atom. The van der Waals surface area contributed by atoms with Crippen molar-refractivity contribution in [3.05, 3.63) is 65.3 Å². The fourth-order valence-electron chi connectivity index (χ4n) is 4.59. The minimum absolute atomic E-state index is 0.172. The number of likely N-dealkylation sites (tertiary alicyclic amines) is 1. The first-order valence-electron chi connectivity index (χ1n) is 13.5. The molecule has 1 saturated heterocycles. The van der Waals surface area contributed by atoms with Crippen LogP contribution in [0.5, 0.6) is 0 Å². The van der Waals surface area contributed by atoms with Gasteiger partial charge in [0, 0.05) is 50.2 Å². The van der Waals surface area contributed by atoms with Crippen molar-refractivity contribution in [2.75, 3.05) is 20.1 Å². The van der Waals surface area contributed by atoms with E-state index < -0.39 is 36.2 Å². The number of rotatable bonds is 6. The van der Waals surface area contributed by atoms with Crippen molar-refractivity contribution >= 4 is 0 Å². The average Bonchev–Trinajstić information content (AvgIpc) is 3.31. The highest BCUT2D eigenvalue weighted by molar-refractivity contribution is 5.56. The second-order valence-corrected chi connectivity index (χ2v) is 9.32. The molecule has 1 atom stereocenters. The van der Waals surface area contributed by atoms with E-state index in [1.807, 2.05) is 38.2 Å². The number of pyridine rings is 1. The van der Waals surface area contributed by atoms with Crippen molar-refractivity contribution in [3.63, 3.8) is 0 Å². The monoisotopic (exact) mass is 442 g/mol. The topological polar surface area (TPSA) is 95.5 Å². The molecule has 3 aromatic rings. The fourth-order valence-corrected chi connectivity index (χ4v) is 4.59. The molecule has 32 heavy (non-hydrogen) atoms. The van der Waals surface area contributed by atoms with Gasteiger partial charge in [0.1, 0.15) is 11.2 Å². The first kappa shape index (κ1) is 16.1. The summed E-state index contributed by atoms with van der Waals surface area (Å²) in [5.74, 6) is -0.803. The van der Waals surface area contributed by atoms with E-state index in [0.29, 0.717) is 30.1 Å². The lowest BCUT2D eigenvalue weighted by atomic mass is 9.62. The minimum atomic E-state index is -3.37. The molecule has 7 nitrogen and oxygen atoms in total. The highest BCUT2D eigenvalue weighted by Gasteiger charge is 2.55. The van der Waals surface area contributed by atoms with Gasteiger partial charge in [-0.1, -0.05) is 50.2 Å². The van der Waals surface area contributed by atoms with Crippen molar-refractivity contribution in [2.45, 2.75) is 51.6 Å². The summed E-state index contributed by atoms with van der Waals surface area (Å²) in [6.07, 6.45) is 2.94. The van der Waals surface area contributed by atoms with Gasteiger partial charge in [0.15, 0.2) is 0 Å². The molecule has 1 aliphatic rings. The molecular weight excluding hydrogens is 404 g/mol. The van der Waals surface area contributed by atoms with Gasteiger partial charge in [0.2, 0.25) is 5.82 Å². The molecule has 0 amide bonds. The van der Waals surface area contributed by atoms with Gasteiger partial charge < -0.3 is 19.6 Å². The third kappa shape index (κ3) is 3.74. The first-order valence-corrected chi connectivity index (χ1v) is 10.5. The maximum absolute atomic E-state index is 12.4. The second kappa shape index (κ2) is 7.76. The zero-order valence-corrected chi connectivity index (χ0v) is 18.6. The highest BCUT2D eigenvalue weighted by Crippen LogP contribution is 2.50. The van der Waals surface area contributed by atoms with Crippen LogP contribution in [0.4, 0.5) is 0 Å². The SMILES string of the molecule is [2H]C([2H])([2H])C(O)(c1nc(-c2cncc([C@@](O)(c3ccc(C(C)C)cc3)C3(C)CN(C)C3)c2)no1)C([2H])([2H])[2H]. The zero-order valence-electron chi connectivity index (χ0n) is 24.6. The largest absolute Gasteiger partial charge is 0.381 e. The lowest BCUT2D eigenvalue weighted by molar-refractivity contribution is -0.127. The Balaban J connectivity index is 1.81. The van der Waals surface area contributed by atoms with Crippen LogP contribution in [0.3, 0.4) is 0 Å². The van der Waals surface area contributed by atoms with Gasteiger partial charge in [-0.3, -0.25) is 4.98 Å². The fraction of sp³-hybridized carbons (Fsp3) is 0.480. The van der Waals surface area contributed by atoms with E-state index in [2.05, 4.69) is 33.9 Å². The Hall–Kier alpha value is -2.61. The van der Waals surface area contributed by atoms with E-state index in [-0.39, 0.29) is 11.4 Å². The summed E-state index contributed by atoms with van der Waals surface area (Å²) in [4.78, 5) is 10.3. The molecule has 0 radical (unpaired) electrons. The molecule has 2 aromatic heterocycles. The Labute approximate surface area is 197 Å². The predicted octanol–water partition coefficient (Wildman–Crippen LogP) is 3.67. The summed E-state index contributed by atoms with van der Waals surface area (Å²) in [6.45, 7) is 0.692. The van der Waals surface area contributed by atoms with Crippen molar-refractivity contribution < 1.29 is 23.0 Å². The Bertz CT molecular complexity index is 1290. The van der Waals surface area contributed by atoms with Crippen LogP contribution in [0.1, 0.15) is 71.2 Å². The third-order valence-electron chi connectivity index (χ3n) is 6.26. The van der Waals surface area contributed by atoms with Crippen LogP contribution in [-0.4, -0.2) is 50.4 Å². The van der Waals surface area contributed by atoms with E-state index >= 15 is 0 Å². The van der Waals surface area contributed by atoms with E-state index in [0.717, 1.165) is 5.56 Å². The van der Waals surface area contributed by atoms with E-state index in [9.17, 15) is 10.2 Å². The van der Waals surface area contributed by atoms with Gasteiger partial charge in [-0.05, 0) is 43.9 Å². The van der Waals surface area contributed by atoms with Gasteiger partial charge in [0.05, 0.1) is 0 Å². The highest BCUT2D eigenvalue weighted by atomic mass is 16.5. The average molecular weight is 443 g/mol. The molecular formula is C25H32N4O3. The molecule has 0 bridgehead atoms.